The fourth-order valence-corrected chi connectivity index (χ4v) is 2.00. The van der Waals surface area contributed by atoms with Crippen LogP contribution in [-0.4, -0.2) is 29.4 Å². The molecule has 94 valence electrons. The van der Waals surface area contributed by atoms with E-state index in [0.29, 0.717) is 5.92 Å². The maximum Gasteiger partial charge on any atom is 0.407 e. The summed E-state index contributed by atoms with van der Waals surface area (Å²) < 4.78 is 5.34. The Morgan fingerprint density at radius 3 is 2.69 bits per heavy atom. The minimum Gasteiger partial charge on any atom is -0.446 e. The van der Waals surface area contributed by atoms with Crippen molar-refractivity contribution >= 4 is 6.09 Å². The van der Waals surface area contributed by atoms with Gasteiger partial charge in [-0.3, -0.25) is 0 Å². The maximum absolute atomic E-state index is 11.5. The van der Waals surface area contributed by atoms with Crippen LogP contribution in [0.3, 0.4) is 0 Å². The van der Waals surface area contributed by atoms with Crippen molar-refractivity contribution < 1.29 is 14.6 Å². The van der Waals surface area contributed by atoms with E-state index in [-0.39, 0.29) is 24.3 Å². The van der Waals surface area contributed by atoms with Crippen LogP contribution in [0.2, 0.25) is 0 Å². The highest BCUT2D eigenvalue weighted by Gasteiger charge is 2.25. The third kappa shape index (κ3) is 4.84. The van der Waals surface area contributed by atoms with Crippen LogP contribution in [0.5, 0.6) is 0 Å². The molecule has 0 aromatic heterocycles. The van der Waals surface area contributed by atoms with Crippen molar-refractivity contribution in [3.8, 4) is 0 Å². The summed E-state index contributed by atoms with van der Waals surface area (Å²) in [6.07, 6.45) is 3.38. The Morgan fingerprint density at radius 2 is 2.12 bits per heavy atom. The van der Waals surface area contributed by atoms with Crippen molar-refractivity contribution in [1.29, 1.82) is 0 Å². The molecule has 1 saturated carbocycles. The van der Waals surface area contributed by atoms with Gasteiger partial charge in [0.2, 0.25) is 0 Å². The van der Waals surface area contributed by atoms with Crippen molar-refractivity contribution in [3.05, 3.63) is 0 Å². The van der Waals surface area contributed by atoms with Crippen LogP contribution in [0.4, 0.5) is 4.79 Å². The Balaban J connectivity index is 2.33. The zero-order chi connectivity index (χ0) is 12.2. The van der Waals surface area contributed by atoms with E-state index >= 15 is 0 Å². The standard InChI is InChI=1S/C12H23NO3/c1-12(2,3)13-11(15)16-10-6-4-5-9(7-10)8-14/h9-10,14H,4-8H2,1-3H3,(H,13,15). The number of rotatable bonds is 2. The Labute approximate surface area is 97.4 Å². The molecule has 0 bridgehead atoms. The zero-order valence-corrected chi connectivity index (χ0v) is 10.5. The SMILES string of the molecule is CC(C)(C)NC(=O)OC1CCCC(CO)C1. The van der Waals surface area contributed by atoms with Gasteiger partial charge in [-0.15, -0.1) is 0 Å². The van der Waals surface area contributed by atoms with Crippen LogP contribution in [0.25, 0.3) is 0 Å². The van der Waals surface area contributed by atoms with Crippen LogP contribution < -0.4 is 5.32 Å². The van der Waals surface area contributed by atoms with Gasteiger partial charge in [-0.05, 0) is 52.4 Å². The molecular weight excluding hydrogens is 206 g/mol. The lowest BCUT2D eigenvalue weighted by atomic mass is 9.88. The second kappa shape index (κ2) is 5.53. The van der Waals surface area contributed by atoms with Gasteiger partial charge in [-0.1, -0.05) is 0 Å². The van der Waals surface area contributed by atoms with Crippen LogP contribution >= 0.6 is 0 Å². The Hall–Kier alpha value is -0.770. The van der Waals surface area contributed by atoms with E-state index in [0.717, 1.165) is 25.7 Å². The Bertz CT molecular complexity index is 235. The molecule has 0 spiro atoms. The van der Waals surface area contributed by atoms with Crippen molar-refractivity contribution in [2.75, 3.05) is 6.61 Å². The number of aliphatic hydroxyl groups is 1. The number of carbonyl (C=O) groups excluding carboxylic acids is 1. The van der Waals surface area contributed by atoms with Gasteiger partial charge in [0.1, 0.15) is 6.10 Å². The lowest BCUT2D eigenvalue weighted by Crippen LogP contribution is -2.43. The second-order valence-electron chi connectivity index (χ2n) is 5.62. The number of ether oxygens (including phenoxy) is 1. The Morgan fingerprint density at radius 1 is 1.44 bits per heavy atom. The summed E-state index contributed by atoms with van der Waals surface area (Å²) in [6, 6.07) is 0. The van der Waals surface area contributed by atoms with Crippen LogP contribution in [0.1, 0.15) is 46.5 Å². The molecule has 4 nitrogen and oxygen atoms in total. The molecule has 0 radical (unpaired) electrons. The van der Waals surface area contributed by atoms with Crippen LogP contribution in [0.15, 0.2) is 0 Å². The monoisotopic (exact) mass is 229 g/mol. The minimum atomic E-state index is -0.351. The molecule has 1 rings (SSSR count). The molecule has 0 aromatic rings. The first-order chi connectivity index (χ1) is 7.40. The highest BCUT2D eigenvalue weighted by atomic mass is 16.6. The van der Waals surface area contributed by atoms with E-state index in [1.165, 1.54) is 0 Å². The first kappa shape index (κ1) is 13.3. The van der Waals surface area contributed by atoms with Gasteiger partial charge in [0.25, 0.3) is 0 Å². The lowest BCUT2D eigenvalue weighted by molar-refractivity contribution is 0.0430. The molecule has 2 atom stereocenters. The minimum absolute atomic E-state index is 0.0340. The fraction of sp³-hybridized carbons (Fsp3) is 0.917. The summed E-state index contributed by atoms with van der Waals surface area (Å²) in [4.78, 5) is 11.5. The summed E-state index contributed by atoms with van der Waals surface area (Å²) in [5.41, 5.74) is -0.262. The third-order valence-corrected chi connectivity index (χ3v) is 2.74. The van der Waals surface area contributed by atoms with Gasteiger partial charge < -0.3 is 15.2 Å². The number of amides is 1. The number of nitrogens with one attached hydrogen (secondary N) is 1. The van der Waals surface area contributed by atoms with Crippen molar-refractivity contribution in [2.24, 2.45) is 5.92 Å². The molecule has 2 N–H and O–H groups in total. The van der Waals surface area contributed by atoms with E-state index in [4.69, 9.17) is 9.84 Å². The maximum atomic E-state index is 11.5. The van der Waals surface area contributed by atoms with E-state index in [9.17, 15) is 4.79 Å². The summed E-state index contributed by atoms with van der Waals surface area (Å²) in [7, 11) is 0. The largest absolute Gasteiger partial charge is 0.446 e. The van der Waals surface area contributed by atoms with Crippen LogP contribution in [0, 0.1) is 5.92 Å². The quantitative estimate of drug-likeness (QED) is 0.762. The molecule has 1 aliphatic rings. The highest BCUT2D eigenvalue weighted by molar-refractivity contribution is 5.68. The summed E-state index contributed by atoms with van der Waals surface area (Å²) in [6.45, 7) is 5.96. The molecule has 1 amide bonds. The topological polar surface area (TPSA) is 58.6 Å². The third-order valence-electron chi connectivity index (χ3n) is 2.74. The summed E-state index contributed by atoms with van der Waals surface area (Å²) in [5.74, 6) is 0.293. The van der Waals surface area contributed by atoms with Gasteiger partial charge >= 0.3 is 6.09 Å². The molecular formula is C12H23NO3. The van der Waals surface area contributed by atoms with Crippen LogP contribution in [-0.2, 0) is 4.74 Å². The smallest absolute Gasteiger partial charge is 0.407 e. The fourth-order valence-electron chi connectivity index (χ4n) is 2.00. The molecule has 16 heavy (non-hydrogen) atoms. The van der Waals surface area contributed by atoms with Crippen molar-refractivity contribution in [3.63, 3.8) is 0 Å². The molecule has 1 aliphatic carbocycles. The number of aliphatic hydroxyl groups excluding tert-OH is 1. The van der Waals surface area contributed by atoms with Gasteiger partial charge in [-0.2, -0.15) is 0 Å². The molecule has 0 saturated heterocycles. The zero-order valence-electron chi connectivity index (χ0n) is 10.5. The second-order valence-corrected chi connectivity index (χ2v) is 5.62. The normalized spacial score (nSPS) is 26.2. The van der Waals surface area contributed by atoms with E-state index < -0.39 is 0 Å². The van der Waals surface area contributed by atoms with Gasteiger partial charge in [-0.25, -0.2) is 4.79 Å². The summed E-state index contributed by atoms with van der Waals surface area (Å²) >= 11 is 0. The van der Waals surface area contributed by atoms with Crippen molar-refractivity contribution in [2.45, 2.75) is 58.1 Å². The highest BCUT2D eigenvalue weighted by Crippen LogP contribution is 2.26. The summed E-state index contributed by atoms with van der Waals surface area (Å²) in [5, 5.41) is 11.8. The number of hydrogen-bond donors (Lipinski definition) is 2. The lowest BCUT2D eigenvalue weighted by Gasteiger charge is -2.29. The van der Waals surface area contributed by atoms with Crippen molar-refractivity contribution in [1.82, 2.24) is 5.32 Å². The number of alkyl carbamates (subject to hydrolysis) is 1. The molecule has 0 heterocycles. The van der Waals surface area contributed by atoms with Gasteiger partial charge in [0.15, 0.2) is 0 Å². The first-order valence-electron chi connectivity index (χ1n) is 6.00. The molecule has 2 unspecified atom stereocenters. The average Bonchev–Trinajstić information content (AvgIpc) is 2.15. The number of carbonyl (C=O) groups is 1. The molecule has 1 fully saturated rings. The van der Waals surface area contributed by atoms with E-state index in [2.05, 4.69) is 5.32 Å². The molecule has 0 aliphatic heterocycles. The van der Waals surface area contributed by atoms with Gasteiger partial charge in [0, 0.05) is 12.1 Å². The molecule has 4 heteroatoms. The first-order valence-corrected chi connectivity index (χ1v) is 6.00. The average molecular weight is 229 g/mol. The Kier molecular flexibility index (Phi) is 4.59. The van der Waals surface area contributed by atoms with E-state index in [1.54, 1.807) is 0 Å². The van der Waals surface area contributed by atoms with Gasteiger partial charge in [0.05, 0.1) is 0 Å². The molecule has 0 aromatic carbocycles. The number of hydrogen-bond acceptors (Lipinski definition) is 3. The predicted octanol–water partition coefficient (Wildman–Crippen LogP) is 2.06. The van der Waals surface area contributed by atoms with E-state index in [1.807, 2.05) is 20.8 Å². The predicted molar refractivity (Wildman–Crippen MR) is 62.2 cm³/mol.